The van der Waals surface area contributed by atoms with Gasteiger partial charge in [0.1, 0.15) is 17.1 Å². The number of ketones is 1. The van der Waals surface area contributed by atoms with Crippen molar-refractivity contribution in [2.24, 2.45) is 10.8 Å². The maximum atomic E-state index is 12.2. The Kier molecular flexibility index (Phi) is 11.5. The molecule has 0 spiro atoms. The zero-order chi connectivity index (χ0) is 35.0. The van der Waals surface area contributed by atoms with Gasteiger partial charge < -0.3 is 9.52 Å². The van der Waals surface area contributed by atoms with Gasteiger partial charge in [-0.1, -0.05) is 105 Å². The van der Waals surface area contributed by atoms with Crippen molar-refractivity contribution in [3.05, 3.63) is 95.4 Å². The second-order valence-corrected chi connectivity index (χ2v) is 14.7. The molecule has 5 nitrogen and oxygen atoms in total. The van der Waals surface area contributed by atoms with Gasteiger partial charge in [-0.3, -0.25) is 14.8 Å². The van der Waals surface area contributed by atoms with Gasteiger partial charge in [-0.15, -0.1) is 29.3 Å². The zero-order valence-electron chi connectivity index (χ0n) is 30.7. The number of aromatic nitrogens is 2. The van der Waals surface area contributed by atoms with Crippen LogP contribution in [0.1, 0.15) is 118 Å². The summed E-state index contributed by atoms with van der Waals surface area (Å²) in [7, 11) is 0. The van der Waals surface area contributed by atoms with Crippen molar-refractivity contribution in [1.29, 1.82) is 0 Å². The number of aliphatic hydroxyl groups is 1. The number of para-hydroxylation sites is 1. The zero-order valence-corrected chi connectivity index (χ0v) is 33.1. The largest absolute Gasteiger partial charge is 0.512 e. The van der Waals surface area contributed by atoms with E-state index < -0.39 is 0 Å². The minimum atomic E-state index is -0.337. The van der Waals surface area contributed by atoms with Crippen molar-refractivity contribution >= 4 is 27.7 Å². The smallest absolute Gasteiger partial charge is 0.164 e. The number of furan rings is 1. The maximum absolute atomic E-state index is 12.2. The summed E-state index contributed by atoms with van der Waals surface area (Å²) >= 11 is 0. The van der Waals surface area contributed by atoms with E-state index in [1.54, 1.807) is 0 Å². The molecule has 1 aliphatic rings. The minimum Gasteiger partial charge on any atom is -0.512 e. The Morgan fingerprint density at radius 1 is 0.959 bits per heavy atom. The van der Waals surface area contributed by atoms with E-state index in [1.807, 2.05) is 65.9 Å². The summed E-state index contributed by atoms with van der Waals surface area (Å²) in [6.07, 6.45) is 6.67. The summed E-state index contributed by atoms with van der Waals surface area (Å²) in [6, 6.07) is 22.2. The molecule has 0 aliphatic heterocycles. The van der Waals surface area contributed by atoms with E-state index >= 15 is 0 Å². The van der Waals surface area contributed by atoms with E-state index in [0.29, 0.717) is 11.7 Å². The van der Waals surface area contributed by atoms with Crippen LogP contribution in [-0.4, -0.2) is 20.9 Å². The van der Waals surface area contributed by atoms with Crippen molar-refractivity contribution in [1.82, 2.24) is 9.97 Å². The molecule has 261 valence electrons. The van der Waals surface area contributed by atoms with E-state index in [-0.39, 0.29) is 47.9 Å². The first kappa shape index (κ1) is 38.2. The number of allylic oxidation sites excluding steroid dienone is 2. The molecule has 5 aromatic rings. The van der Waals surface area contributed by atoms with Crippen LogP contribution in [0.25, 0.3) is 44.6 Å². The van der Waals surface area contributed by atoms with Crippen LogP contribution in [-0.2, 0) is 30.3 Å². The molecule has 0 amide bonds. The normalized spacial score (nSPS) is 13.9. The molecule has 0 bridgehead atoms. The van der Waals surface area contributed by atoms with Crippen LogP contribution in [0.2, 0.25) is 0 Å². The minimum absolute atomic E-state index is 0. The van der Waals surface area contributed by atoms with Crippen LogP contribution in [0, 0.1) is 16.9 Å². The number of nitrogens with zero attached hydrogens (tertiary/aromatic N) is 2. The summed E-state index contributed by atoms with van der Waals surface area (Å²) in [5.74, 6) is 2.42. The fourth-order valence-corrected chi connectivity index (χ4v) is 6.70. The Labute approximate surface area is 306 Å². The molecule has 0 atom stereocenters. The van der Waals surface area contributed by atoms with E-state index in [9.17, 15) is 9.90 Å². The van der Waals surface area contributed by atoms with E-state index in [0.717, 1.165) is 59.1 Å². The van der Waals surface area contributed by atoms with Crippen LogP contribution < -0.4 is 0 Å². The molecule has 0 saturated heterocycles. The van der Waals surface area contributed by atoms with Gasteiger partial charge in [-0.2, -0.15) is 0 Å². The third-order valence-electron chi connectivity index (χ3n) is 11.2. The van der Waals surface area contributed by atoms with Crippen molar-refractivity contribution in [3.63, 3.8) is 0 Å². The SMILES string of the molecule is CC(C)c1ccc2cnc(-c3[c-]ccc4c3C(C)(C)c3c-4oc4ccccc34)nc2c1.CCC(C)(CC)C(=O)/C=C(\O)C(C)(CC)CC.[Ir]. The second-order valence-electron chi connectivity index (χ2n) is 14.7. The first-order valence-corrected chi connectivity index (χ1v) is 17.5. The fourth-order valence-electron chi connectivity index (χ4n) is 6.70. The molecule has 3 aromatic carbocycles. The van der Waals surface area contributed by atoms with Crippen molar-refractivity contribution in [2.75, 3.05) is 0 Å². The molecule has 6 heteroatoms. The van der Waals surface area contributed by atoms with Crippen LogP contribution in [0.15, 0.2) is 77.0 Å². The van der Waals surface area contributed by atoms with Crippen LogP contribution in [0.5, 0.6) is 0 Å². The van der Waals surface area contributed by atoms with Gasteiger partial charge in [-0.05, 0) is 54.7 Å². The molecule has 2 heterocycles. The molecule has 1 aliphatic carbocycles. The molecule has 1 N–H and O–H groups in total. The summed E-state index contributed by atoms with van der Waals surface area (Å²) in [5.41, 5.74) is 6.85. The van der Waals surface area contributed by atoms with Crippen molar-refractivity contribution < 1.29 is 34.4 Å². The molecule has 1 radical (unpaired) electrons. The fraction of sp³-hybridized carbons (Fsp3) is 0.419. The number of benzene rings is 3. The predicted octanol–water partition coefficient (Wildman–Crippen LogP) is 11.9. The van der Waals surface area contributed by atoms with Gasteiger partial charge >= 0.3 is 0 Å². The number of carbonyl (C=O) groups excluding carboxylic acids is 1. The average molecular weight is 836 g/mol. The molecular weight excluding hydrogens is 785 g/mol. The summed E-state index contributed by atoms with van der Waals surface area (Å²) in [6.45, 7) is 21.0. The number of hydrogen-bond acceptors (Lipinski definition) is 5. The van der Waals surface area contributed by atoms with E-state index in [1.165, 1.54) is 28.2 Å². The van der Waals surface area contributed by atoms with Crippen LogP contribution in [0.4, 0.5) is 0 Å². The molecule has 6 rings (SSSR count). The van der Waals surface area contributed by atoms with Gasteiger partial charge in [0.2, 0.25) is 0 Å². The van der Waals surface area contributed by atoms with Gasteiger partial charge in [0, 0.05) is 59.5 Å². The number of carbonyl (C=O) groups is 1. The standard InChI is InChI=1S/C28H23N2O.C15H28O2.Ir/c1-16(2)17-12-13-18-15-29-27(30-22(18)14-17)21-10-7-9-20-24(21)28(3,4)25-19-8-5-6-11-23(19)31-26(20)25;1-7-14(5,8-2)12(16)11-13(17)15(6,9-3)10-4;/h5-9,11-16H,1-4H3;11,16H,7-10H2,1-6H3;/q-1;;/b;12-11-;. The Morgan fingerprint density at radius 3 is 2.24 bits per heavy atom. The van der Waals surface area contributed by atoms with Crippen LogP contribution >= 0.6 is 0 Å². The quantitative estimate of drug-likeness (QED) is 0.0909. The topological polar surface area (TPSA) is 76.2 Å². The number of aliphatic hydroxyl groups excluding tert-OH is 1. The molecular formula is C43H51IrN2O3-. The molecule has 2 aromatic heterocycles. The Balaban J connectivity index is 0.000000260. The summed E-state index contributed by atoms with van der Waals surface area (Å²) in [5, 5.41) is 12.4. The summed E-state index contributed by atoms with van der Waals surface area (Å²) < 4.78 is 6.32. The maximum Gasteiger partial charge on any atom is 0.164 e. The van der Waals surface area contributed by atoms with Gasteiger partial charge in [0.15, 0.2) is 5.78 Å². The van der Waals surface area contributed by atoms with Crippen molar-refractivity contribution in [3.8, 4) is 22.7 Å². The number of hydrogen-bond donors (Lipinski definition) is 1. The van der Waals surface area contributed by atoms with E-state index in [2.05, 4.69) is 70.2 Å². The summed E-state index contributed by atoms with van der Waals surface area (Å²) in [4.78, 5) is 21.9. The van der Waals surface area contributed by atoms with Crippen LogP contribution in [0.3, 0.4) is 0 Å². The van der Waals surface area contributed by atoms with Gasteiger partial charge in [0.05, 0.1) is 11.3 Å². The van der Waals surface area contributed by atoms with Gasteiger partial charge in [-0.25, -0.2) is 0 Å². The molecule has 0 saturated carbocycles. The third kappa shape index (κ3) is 6.92. The first-order valence-electron chi connectivity index (χ1n) is 17.5. The van der Waals surface area contributed by atoms with E-state index in [4.69, 9.17) is 14.4 Å². The molecule has 0 fully saturated rings. The Hall–Kier alpha value is -3.60. The van der Waals surface area contributed by atoms with Crippen molar-refractivity contribution in [2.45, 2.75) is 106 Å². The number of fused-ring (bicyclic) bond motifs is 6. The predicted molar refractivity (Wildman–Crippen MR) is 198 cm³/mol. The molecule has 0 unspecified atom stereocenters. The first-order chi connectivity index (χ1) is 22.7. The van der Waals surface area contributed by atoms with Gasteiger partial charge in [0.25, 0.3) is 0 Å². The monoisotopic (exact) mass is 836 g/mol. The Morgan fingerprint density at radius 2 is 1.61 bits per heavy atom. The molecule has 49 heavy (non-hydrogen) atoms. The Bertz CT molecular complexity index is 1990. The third-order valence-corrected chi connectivity index (χ3v) is 11.2. The average Bonchev–Trinajstić information content (AvgIpc) is 3.60. The second kappa shape index (κ2) is 14.7. The number of rotatable bonds is 9.